The molecule has 7 nitrogen and oxygen atoms in total. The number of nitrogens with zero attached hydrogens (tertiary/aromatic N) is 5. The molecule has 0 aliphatic carbocycles. The van der Waals surface area contributed by atoms with Crippen molar-refractivity contribution >= 4 is 31.3 Å². The Kier molecular flexibility index (Phi) is 4.40. The zero-order chi connectivity index (χ0) is 14.9. The highest BCUT2D eigenvalue weighted by Crippen LogP contribution is 2.30. The predicted molar refractivity (Wildman–Crippen MR) is 76.3 cm³/mol. The van der Waals surface area contributed by atoms with E-state index in [9.17, 15) is 8.42 Å². The lowest BCUT2D eigenvalue weighted by atomic mass is 10.2. The summed E-state index contributed by atoms with van der Waals surface area (Å²) in [6.45, 7) is 5.71. The molecule has 0 spiro atoms. The minimum atomic E-state index is -3.95. The number of aromatic nitrogens is 5. The summed E-state index contributed by atoms with van der Waals surface area (Å²) in [5, 5.41) is 11.5. The van der Waals surface area contributed by atoms with E-state index in [0.29, 0.717) is 5.82 Å². The summed E-state index contributed by atoms with van der Waals surface area (Å²) in [6.07, 6.45) is 1.66. The summed E-state index contributed by atoms with van der Waals surface area (Å²) in [7, 11) is 1.46. The lowest BCUT2D eigenvalue weighted by Gasteiger charge is -2.11. The first kappa shape index (κ1) is 15.3. The second kappa shape index (κ2) is 5.74. The summed E-state index contributed by atoms with van der Waals surface area (Å²) < 4.78 is 28.5. The molecule has 0 aliphatic heterocycles. The van der Waals surface area contributed by atoms with Crippen LogP contribution in [0.15, 0.2) is 5.16 Å². The van der Waals surface area contributed by atoms with Gasteiger partial charge in [-0.05, 0) is 31.8 Å². The number of hydrogen-bond acceptors (Lipinski definition) is 7. The molecule has 2 aromatic rings. The number of halogens is 1. The fourth-order valence-corrected chi connectivity index (χ4v) is 3.52. The molecule has 10 heteroatoms. The Morgan fingerprint density at radius 2 is 2.00 bits per heavy atom. The van der Waals surface area contributed by atoms with Gasteiger partial charge in [0.25, 0.3) is 14.2 Å². The average Bonchev–Trinajstić information content (AvgIpc) is 2.92. The summed E-state index contributed by atoms with van der Waals surface area (Å²) in [6, 6.07) is -0.153. The van der Waals surface area contributed by atoms with Crippen LogP contribution in [0.1, 0.15) is 38.9 Å². The van der Waals surface area contributed by atoms with Crippen molar-refractivity contribution in [3.8, 4) is 10.7 Å². The second-order valence-corrected chi connectivity index (χ2v) is 7.72. The van der Waals surface area contributed by atoms with Gasteiger partial charge in [0.1, 0.15) is 4.88 Å². The average molecular weight is 336 g/mol. The molecule has 2 heterocycles. The van der Waals surface area contributed by atoms with Gasteiger partial charge in [-0.25, -0.2) is 8.42 Å². The molecule has 20 heavy (non-hydrogen) atoms. The van der Waals surface area contributed by atoms with Crippen molar-refractivity contribution in [3.05, 3.63) is 5.69 Å². The zero-order valence-corrected chi connectivity index (χ0v) is 13.6. The third kappa shape index (κ3) is 2.84. The van der Waals surface area contributed by atoms with Crippen molar-refractivity contribution in [2.24, 2.45) is 0 Å². The van der Waals surface area contributed by atoms with Crippen molar-refractivity contribution in [2.75, 3.05) is 0 Å². The van der Waals surface area contributed by atoms with Crippen LogP contribution in [0.2, 0.25) is 0 Å². The molecule has 110 valence electrons. The van der Waals surface area contributed by atoms with Crippen molar-refractivity contribution in [3.63, 3.8) is 0 Å². The minimum Gasteiger partial charge on any atom is -0.293 e. The fraction of sp³-hybridized carbons (Fsp3) is 0.600. The Morgan fingerprint density at radius 1 is 1.30 bits per heavy atom. The van der Waals surface area contributed by atoms with Gasteiger partial charge in [-0.2, -0.15) is 0 Å². The molecule has 0 unspecified atom stereocenters. The number of rotatable bonds is 5. The van der Waals surface area contributed by atoms with E-state index in [0.717, 1.165) is 23.4 Å². The van der Waals surface area contributed by atoms with Crippen LogP contribution in [-0.4, -0.2) is 32.8 Å². The molecule has 0 saturated carbocycles. The summed E-state index contributed by atoms with van der Waals surface area (Å²) in [5.41, 5.74) is 0.797. The quantitative estimate of drug-likeness (QED) is 0.778. The zero-order valence-electron chi connectivity index (χ0n) is 11.2. The first-order valence-electron chi connectivity index (χ1n) is 6.07. The molecule has 0 radical (unpaired) electrons. The highest BCUT2D eigenvalue weighted by atomic mass is 35.7. The van der Waals surface area contributed by atoms with E-state index in [1.165, 1.54) is 16.1 Å². The van der Waals surface area contributed by atoms with Gasteiger partial charge in [0, 0.05) is 16.7 Å². The van der Waals surface area contributed by atoms with Crippen LogP contribution in [0, 0.1) is 0 Å². The lowest BCUT2D eigenvalue weighted by molar-refractivity contribution is 0.530. The van der Waals surface area contributed by atoms with Gasteiger partial charge in [0.2, 0.25) is 0 Å². The van der Waals surface area contributed by atoms with Crippen molar-refractivity contribution in [2.45, 2.75) is 44.8 Å². The Hall–Kier alpha value is -1.06. The molecular weight excluding hydrogens is 322 g/mol. The van der Waals surface area contributed by atoms with Crippen LogP contribution in [-0.2, 0) is 15.5 Å². The smallest absolute Gasteiger partial charge is 0.293 e. The largest absolute Gasteiger partial charge is 0.296 e. The Labute approximate surface area is 125 Å². The first-order chi connectivity index (χ1) is 9.36. The van der Waals surface area contributed by atoms with Crippen LogP contribution in [0.25, 0.3) is 10.7 Å². The fourth-order valence-electron chi connectivity index (χ4n) is 1.84. The summed E-state index contributed by atoms with van der Waals surface area (Å²) in [4.78, 5) is 0.736. The van der Waals surface area contributed by atoms with Crippen LogP contribution >= 0.6 is 22.2 Å². The van der Waals surface area contributed by atoms with Gasteiger partial charge in [0.05, 0.1) is 5.69 Å². The second-order valence-electron chi connectivity index (χ2n) is 4.51. The standard InChI is InChI=1S/C10H14ClN5O2S2/c1-4-5-7-8(19-15-12-7)9-13-14-10(20(11,17)18)16(9)6(2)3/h6H,4-5H2,1-3H3. The van der Waals surface area contributed by atoms with E-state index >= 15 is 0 Å². The normalized spacial score (nSPS) is 12.2. The van der Waals surface area contributed by atoms with Crippen LogP contribution in [0.5, 0.6) is 0 Å². The highest BCUT2D eigenvalue weighted by molar-refractivity contribution is 8.13. The lowest BCUT2D eigenvalue weighted by Crippen LogP contribution is -2.10. The van der Waals surface area contributed by atoms with Crippen LogP contribution in [0.3, 0.4) is 0 Å². The predicted octanol–water partition coefficient (Wildman–Crippen LogP) is 2.26. The molecule has 0 saturated heterocycles. The topological polar surface area (TPSA) is 90.6 Å². The third-order valence-electron chi connectivity index (χ3n) is 2.64. The summed E-state index contributed by atoms with van der Waals surface area (Å²) in [5.74, 6) is 0.442. The summed E-state index contributed by atoms with van der Waals surface area (Å²) >= 11 is 1.18. The van der Waals surface area contributed by atoms with E-state index in [1.807, 2.05) is 20.8 Å². The minimum absolute atomic E-state index is 0.153. The molecule has 0 bridgehead atoms. The van der Waals surface area contributed by atoms with E-state index in [-0.39, 0.29) is 11.2 Å². The van der Waals surface area contributed by atoms with Gasteiger partial charge in [-0.15, -0.1) is 15.3 Å². The van der Waals surface area contributed by atoms with Crippen LogP contribution < -0.4 is 0 Å². The first-order valence-corrected chi connectivity index (χ1v) is 9.15. The van der Waals surface area contributed by atoms with Gasteiger partial charge >= 0.3 is 0 Å². The van der Waals surface area contributed by atoms with E-state index in [1.54, 1.807) is 0 Å². The maximum Gasteiger partial charge on any atom is 0.296 e. The Bertz CT molecular complexity index is 707. The van der Waals surface area contributed by atoms with Crippen molar-refractivity contribution in [1.82, 2.24) is 24.4 Å². The molecule has 0 atom stereocenters. The van der Waals surface area contributed by atoms with Crippen molar-refractivity contribution < 1.29 is 8.42 Å². The van der Waals surface area contributed by atoms with Crippen LogP contribution in [0.4, 0.5) is 0 Å². The highest BCUT2D eigenvalue weighted by Gasteiger charge is 2.27. The molecule has 2 rings (SSSR count). The maximum atomic E-state index is 11.6. The molecule has 0 fully saturated rings. The number of hydrogen-bond donors (Lipinski definition) is 0. The maximum absolute atomic E-state index is 11.6. The number of aryl methyl sites for hydroxylation is 1. The van der Waals surface area contributed by atoms with E-state index in [4.69, 9.17) is 10.7 Å². The molecule has 0 aliphatic rings. The van der Waals surface area contributed by atoms with Crippen molar-refractivity contribution in [1.29, 1.82) is 0 Å². The Balaban J connectivity index is 2.63. The molecule has 2 aromatic heterocycles. The molecule has 0 amide bonds. The van der Waals surface area contributed by atoms with E-state index in [2.05, 4.69) is 19.8 Å². The van der Waals surface area contributed by atoms with Gasteiger partial charge in [0.15, 0.2) is 5.82 Å². The van der Waals surface area contributed by atoms with E-state index < -0.39 is 9.05 Å². The molecule has 0 N–H and O–H groups in total. The third-order valence-corrected chi connectivity index (χ3v) is 4.54. The molecular formula is C10H14ClN5O2S2. The SMILES string of the molecule is CCCc1nnsc1-c1nnc(S(=O)(=O)Cl)n1C(C)C. The van der Waals surface area contributed by atoms with Gasteiger partial charge in [-0.3, -0.25) is 4.57 Å². The Morgan fingerprint density at radius 3 is 2.55 bits per heavy atom. The monoisotopic (exact) mass is 335 g/mol. The van der Waals surface area contributed by atoms with Gasteiger partial charge in [-0.1, -0.05) is 17.8 Å². The molecule has 0 aromatic carbocycles. The van der Waals surface area contributed by atoms with Gasteiger partial charge < -0.3 is 0 Å².